The second-order valence-electron chi connectivity index (χ2n) is 6.07. The third-order valence-electron chi connectivity index (χ3n) is 3.49. The molecule has 4 heteroatoms. The zero-order chi connectivity index (χ0) is 14.2. The zero-order valence-corrected chi connectivity index (χ0v) is 12.1. The van der Waals surface area contributed by atoms with Crippen LogP contribution in [0.4, 0.5) is 5.69 Å². The van der Waals surface area contributed by atoms with Crippen molar-refractivity contribution in [2.75, 3.05) is 18.1 Å². The molecule has 2 rings (SSSR count). The molecule has 0 spiro atoms. The summed E-state index contributed by atoms with van der Waals surface area (Å²) in [6, 6.07) is 6.02. The van der Waals surface area contributed by atoms with Crippen molar-refractivity contribution in [3.63, 3.8) is 0 Å². The fourth-order valence-electron chi connectivity index (χ4n) is 2.23. The van der Waals surface area contributed by atoms with Gasteiger partial charge in [0.15, 0.2) is 6.61 Å². The fourth-order valence-corrected chi connectivity index (χ4v) is 2.23. The fraction of sp³-hybridized carbons (Fsp3) is 0.533. The standard InChI is InChI=1S/C15H22N2O2/c1-10(8-16)17-12-7-11(15(2,3)4)5-6-13(12)19-9-14(17)18/h5-7,10H,8-9,16H2,1-4H3. The molecular weight excluding hydrogens is 240 g/mol. The van der Waals surface area contributed by atoms with Crippen LogP contribution < -0.4 is 15.4 Å². The van der Waals surface area contributed by atoms with E-state index in [9.17, 15) is 4.79 Å². The number of nitrogens with zero attached hydrogens (tertiary/aromatic N) is 1. The summed E-state index contributed by atoms with van der Waals surface area (Å²) in [4.78, 5) is 13.8. The summed E-state index contributed by atoms with van der Waals surface area (Å²) in [6.07, 6.45) is 0. The topological polar surface area (TPSA) is 55.6 Å². The normalized spacial score (nSPS) is 16.9. The van der Waals surface area contributed by atoms with Gasteiger partial charge in [-0.15, -0.1) is 0 Å². The number of fused-ring (bicyclic) bond motifs is 1. The van der Waals surface area contributed by atoms with E-state index >= 15 is 0 Å². The molecule has 1 aromatic rings. The molecule has 19 heavy (non-hydrogen) atoms. The average Bonchev–Trinajstić information content (AvgIpc) is 2.36. The summed E-state index contributed by atoms with van der Waals surface area (Å²) in [7, 11) is 0. The lowest BCUT2D eigenvalue weighted by atomic mass is 9.86. The molecule has 1 aromatic carbocycles. The lowest BCUT2D eigenvalue weighted by Crippen LogP contribution is -2.47. The van der Waals surface area contributed by atoms with Crippen LogP contribution in [0.1, 0.15) is 33.3 Å². The van der Waals surface area contributed by atoms with E-state index in [2.05, 4.69) is 26.8 Å². The monoisotopic (exact) mass is 262 g/mol. The number of ether oxygens (including phenoxy) is 1. The molecule has 1 aliphatic rings. The van der Waals surface area contributed by atoms with E-state index in [1.54, 1.807) is 4.90 Å². The third kappa shape index (κ3) is 2.59. The van der Waals surface area contributed by atoms with Crippen molar-refractivity contribution >= 4 is 11.6 Å². The van der Waals surface area contributed by atoms with Gasteiger partial charge in [-0.25, -0.2) is 0 Å². The van der Waals surface area contributed by atoms with Crippen LogP contribution in [0.2, 0.25) is 0 Å². The van der Waals surface area contributed by atoms with E-state index in [-0.39, 0.29) is 24.0 Å². The van der Waals surface area contributed by atoms with Gasteiger partial charge in [-0.1, -0.05) is 26.8 Å². The number of hydrogen-bond acceptors (Lipinski definition) is 3. The van der Waals surface area contributed by atoms with Gasteiger partial charge in [0.25, 0.3) is 5.91 Å². The SMILES string of the molecule is CC(CN)N1C(=O)COc2ccc(C(C)(C)C)cc21. The predicted molar refractivity (Wildman–Crippen MR) is 76.6 cm³/mol. The molecule has 1 heterocycles. The maximum atomic E-state index is 12.1. The first kappa shape index (κ1) is 13.9. The quantitative estimate of drug-likeness (QED) is 0.887. The summed E-state index contributed by atoms with van der Waals surface area (Å²) >= 11 is 0. The number of amides is 1. The Labute approximate surface area is 114 Å². The summed E-state index contributed by atoms with van der Waals surface area (Å²) in [5.41, 5.74) is 7.76. The van der Waals surface area contributed by atoms with Crippen LogP contribution in [-0.4, -0.2) is 25.1 Å². The van der Waals surface area contributed by atoms with Crippen molar-refractivity contribution in [1.82, 2.24) is 0 Å². The van der Waals surface area contributed by atoms with E-state index in [1.165, 1.54) is 5.56 Å². The smallest absolute Gasteiger partial charge is 0.265 e. The number of carbonyl (C=O) groups excluding carboxylic acids is 1. The Bertz CT molecular complexity index is 491. The third-order valence-corrected chi connectivity index (χ3v) is 3.49. The highest BCUT2D eigenvalue weighted by atomic mass is 16.5. The summed E-state index contributed by atoms with van der Waals surface area (Å²) in [5.74, 6) is 0.726. The molecule has 1 atom stereocenters. The van der Waals surface area contributed by atoms with Crippen molar-refractivity contribution in [2.24, 2.45) is 5.73 Å². The average molecular weight is 262 g/mol. The number of carbonyl (C=O) groups is 1. The molecular formula is C15H22N2O2. The van der Waals surface area contributed by atoms with Crippen LogP contribution in [0, 0.1) is 0 Å². The first-order valence-corrected chi connectivity index (χ1v) is 6.64. The van der Waals surface area contributed by atoms with Gasteiger partial charge < -0.3 is 15.4 Å². The van der Waals surface area contributed by atoms with Gasteiger partial charge in [-0.05, 0) is 30.0 Å². The Morgan fingerprint density at radius 2 is 2.11 bits per heavy atom. The molecule has 104 valence electrons. The predicted octanol–water partition coefficient (Wildman–Crippen LogP) is 2.06. The molecule has 1 amide bonds. The maximum Gasteiger partial charge on any atom is 0.265 e. The van der Waals surface area contributed by atoms with Crippen LogP contribution >= 0.6 is 0 Å². The van der Waals surface area contributed by atoms with Crippen LogP contribution in [0.5, 0.6) is 5.75 Å². The van der Waals surface area contributed by atoms with Gasteiger partial charge in [0.05, 0.1) is 5.69 Å². The number of hydrogen-bond donors (Lipinski definition) is 1. The van der Waals surface area contributed by atoms with Gasteiger partial charge >= 0.3 is 0 Å². The summed E-state index contributed by atoms with van der Waals surface area (Å²) in [6.45, 7) is 8.93. The Kier molecular flexibility index (Phi) is 3.54. The molecule has 0 saturated heterocycles. The molecule has 0 saturated carbocycles. The van der Waals surface area contributed by atoms with Crippen LogP contribution in [0.15, 0.2) is 18.2 Å². The first-order chi connectivity index (χ1) is 8.84. The van der Waals surface area contributed by atoms with Crippen molar-refractivity contribution in [2.45, 2.75) is 39.2 Å². The molecule has 0 aromatic heterocycles. The van der Waals surface area contributed by atoms with Crippen molar-refractivity contribution in [3.05, 3.63) is 23.8 Å². The van der Waals surface area contributed by atoms with Crippen molar-refractivity contribution in [1.29, 1.82) is 0 Å². The zero-order valence-electron chi connectivity index (χ0n) is 12.1. The van der Waals surface area contributed by atoms with Crippen LogP contribution in [0.3, 0.4) is 0 Å². The van der Waals surface area contributed by atoms with Gasteiger partial charge in [-0.2, -0.15) is 0 Å². The number of nitrogens with two attached hydrogens (primary N) is 1. The van der Waals surface area contributed by atoms with Crippen LogP contribution in [-0.2, 0) is 10.2 Å². The Balaban J connectivity index is 2.50. The minimum atomic E-state index is -0.0310. The first-order valence-electron chi connectivity index (χ1n) is 6.64. The molecule has 1 aliphatic heterocycles. The maximum absolute atomic E-state index is 12.1. The second-order valence-corrected chi connectivity index (χ2v) is 6.07. The van der Waals surface area contributed by atoms with Crippen molar-refractivity contribution < 1.29 is 9.53 Å². The molecule has 4 nitrogen and oxygen atoms in total. The summed E-state index contributed by atoms with van der Waals surface area (Å²) < 4.78 is 5.50. The minimum absolute atomic E-state index is 0.0228. The summed E-state index contributed by atoms with van der Waals surface area (Å²) in [5, 5.41) is 0. The van der Waals surface area contributed by atoms with E-state index in [0.29, 0.717) is 6.54 Å². The van der Waals surface area contributed by atoms with E-state index in [4.69, 9.17) is 10.5 Å². The number of benzene rings is 1. The molecule has 0 aliphatic carbocycles. The lowest BCUT2D eigenvalue weighted by Gasteiger charge is -2.34. The largest absolute Gasteiger partial charge is 0.482 e. The van der Waals surface area contributed by atoms with Gasteiger partial charge in [0, 0.05) is 12.6 Å². The Morgan fingerprint density at radius 3 is 2.68 bits per heavy atom. The highest BCUT2D eigenvalue weighted by molar-refractivity contribution is 5.98. The highest BCUT2D eigenvalue weighted by Crippen LogP contribution is 2.37. The number of anilines is 1. The molecule has 0 fully saturated rings. The number of rotatable bonds is 2. The highest BCUT2D eigenvalue weighted by Gasteiger charge is 2.30. The Hall–Kier alpha value is -1.55. The van der Waals surface area contributed by atoms with Gasteiger partial charge in [0.1, 0.15) is 5.75 Å². The molecule has 1 unspecified atom stereocenters. The Morgan fingerprint density at radius 1 is 1.42 bits per heavy atom. The minimum Gasteiger partial charge on any atom is -0.482 e. The lowest BCUT2D eigenvalue weighted by molar-refractivity contribution is -0.121. The van der Waals surface area contributed by atoms with Crippen LogP contribution in [0.25, 0.3) is 0 Å². The van der Waals surface area contributed by atoms with E-state index in [0.717, 1.165) is 11.4 Å². The van der Waals surface area contributed by atoms with Gasteiger partial charge in [-0.3, -0.25) is 4.79 Å². The molecule has 2 N–H and O–H groups in total. The van der Waals surface area contributed by atoms with Gasteiger partial charge in [0.2, 0.25) is 0 Å². The molecule has 0 radical (unpaired) electrons. The van der Waals surface area contributed by atoms with E-state index in [1.807, 2.05) is 19.1 Å². The van der Waals surface area contributed by atoms with E-state index < -0.39 is 0 Å². The van der Waals surface area contributed by atoms with Crippen molar-refractivity contribution in [3.8, 4) is 5.75 Å². The molecule has 0 bridgehead atoms. The second kappa shape index (κ2) is 4.85.